The number of ether oxygens (including phenoxy) is 1. The molecule has 2 amide bonds. The largest absolute Gasteiger partial charge is 0.369 e. The summed E-state index contributed by atoms with van der Waals surface area (Å²) in [5.41, 5.74) is 1.46. The van der Waals surface area contributed by atoms with Crippen molar-refractivity contribution >= 4 is 23.3 Å². The van der Waals surface area contributed by atoms with Crippen molar-refractivity contribution in [2.75, 3.05) is 50.8 Å². The molecule has 3 fully saturated rings. The van der Waals surface area contributed by atoms with Crippen LogP contribution in [0.25, 0.3) is 0 Å². The van der Waals surface area contributed by atoms with Gasteiger partial charge in [-0.2, -0.15) is 0 Å². The van der Waals surface area contributed by atoms with Crippen LogP contribution < -0.4 is 10.2 Å². The number of nitrogens with one attached hydrogen (secondary N) is 1. The third-order valence-electron chi connectivity index (χ3n) is 8.19. The van der Waals surface area contributed by atoms with Crippen molar-refractivity contribution in [1.29, 1.82) is 0 Å². The Morgan fingerprint density at radius 3 is 2.32 bits per heavy atom. The van der Waals surface area contributed by atoms with E-state index in [1.165, 1.54) is 6.42 Å². The van der Waals surface area contributed by atoms with Crippen molar-refractivity contribution in [3.05, 3.63) is 29.8 Å². The Bertz CT molecular complexity index is 995. The highest BCUT2D eigenvalue weighted by atomic mass is 16.5. The monoisotopic (exact) mass is 526 g/mol. The molecule has 4 atom stereocenters. The average Bonchev–Trinajstić information content (AvgIpc) is 3.44. The van der Waals surface area contributed by atoms with E-state index in [0.29, 0.717) is 18.5 Å². The van der Waals surface area contributed by atoms with E-state index in [4.69, 9.17) is 4.74 Å². The Morgan fingerprint density at radius 1 is 1.08 bits per heavy atom. The molecule has 0 aliphatic carbocycles. The molecule has 0 aromatic heterocycles. The molecule has 4 rings (SSSR count). The number of carbonyl (C=O) groups is 3. The molecule has 3 heterocycles. The quantitative estimate of drug-likeness (QED) is 0.560. The molecule has 210 valence electrons. The van der Waals surface area contributed by atoms with E-state index in [0.717, 1.165) is 38.4 Å². The fourth-order valence-electron chi connectivity index (χ4n) is 6.13. The lowest BCUT2D eigenvalue weighted by molar-refractivity contribution is -0.138. The molecule has 0 radical (unpaired) electrons. The molecule has 8 heteroatoms. The maximum absolute atomic E-state index is 13.9. The van der Waals surface area contributed by atoms with Crippen molar-refractivity contribution in [2.45, 2.75) is 72.6 Å². The zero-order valence-electron chi connectivity index (χ0n) is 24.0. The van der Waals surface area contributed by atoms with Gasteiger partial charge in [0.25, 0.3) is 5.91 Å². The third-order valence-corrected chi connectivity index (χ3v) is 8.19. The summed E-state index contributed by atoms with van der Waals surface area (Å²) in [6.07, 6.45) is 1.39. The fourth-order valence-corrected chi connectivity index (χ4v) is 6.13. The highest BCUT2D eigenvalue weighted by Crippen LogP contribution is 2.37. The predicted octanol–water partition coefficient (Wildman–Crippen LogP) is 3.20. The van der Waals surface area contributed by atoms with E-state index in [1.54, 1.807) is 4.90 Å². The number of anilines is 1. The average molecular weight is 527 g/mol. The van der Waals surface area contributed by atoms with Crippen molar-refractivity contribution in [2.24, 2.45) is 17.3 Å². The van der Waals surface area contributed by atoms with Crippen molar-refractivity contribution in [1.82, 2.24) is 15.1 Å². The van der Waals surface area contributed by atoms with E-state index in [2.05, 4.69) is 56.7 Å². The zero-order chi connectivity index (χ0) is 27.6. The molecule has 38 heavy (non-hydrogen) atoms. The minimum absolute atomic E-state index is 0.0431. The van der Waals surface area contributed by atoms with Crippen LogP contribution >= 0.6 is 0 Å². The van der Waals surface area contributed by atoms with Crippen LogP contribution in [0.2, 0.25) is 0 Å². The lowest BCUT2D eigenvalue weighted by Gasteiger charge is -2.36. The Labute approximate surface area is 228 Å². The number of hydrogen-bond acceptors (Lipinski definition) is 6. The first-order valence-corrected chi connectivity index (χ1v) is 14.3. The molecule has 3 aliphatic heterocycles. The van der Waals surface area contributed by atoms with Crippen LogP contribution in [0.4, 0.5) is 5.69 Å². The highest BCUT2D eigenvalue weighted by molar-refractivity contribution is 5.99. The van der Waals surface area contributed by atoms with Crippen LogP contribution in [0.3, 0.4) is 0 Å². The number of piperazine rings is 1. The van der Waals surface area contributed by atoms with Gasteiger partial charge in [0, 0.05) is 49.9 Å². The molecule has 0 unspecified atom stereocenters. The number of ketones is 1. The molecular weight excluding hydrogens is 480 g/mol. The first kappa shape index (κ1) is 28.6. The first-order valence-electron chi connectivity index (χ1n) is 14.3. The van der Waals surface area contributed by atoms with Gasteiger partial charge in [0.1, 0.15) is 18.7 Å². The summed E-state index contributed by atoms with van der Waals surface area (Å²) in [5, 5.41) is 3.02. The molecule has 3 saturated heterocycles. The number of hydrogen-bond donors (Lipinski definition) is 1. The first-order chi connectivity index (χ1) is 18.0. The molecule has 1 aromatic rings. The molecule has 1 N–H and O–H groups in total. The minimum atomic E-state index is -0.714. The molecule has 0 spiro atoms. The van der Waals surface area contributed by atoms with Crippen molar-refractivity contribution in [3.63, 3.8) is 0 Å². The minimum Gasteiger partial charge on any atom is -0.369 e. The van der Waals surface area contributed by atoms with Gasteiger partial charge < -0.3 is 19.9 Å². The molecule has 3 aliphatic rings. The van der Waals surface area contributed by atoms with Crippen LogP contribution in [-0.4, -0.2) is 91.5 Å². The Kier molecular flexibility index (Phi) is 8.82. The normalized spacial score (nSPS) is 25.1. The zero-order valence-corrected chi connectivity index (χ0v) is 24.0. The number of nitrogens with zero attached hydrogens (tertiary/aromatic N) is 3. The Balaban J connectivity index is 1.45. The van der Waals surface area contributed by atoms with Crippen LogP contribution in [-0.2, 0) is 14.3 Å². The second kappa shape index (κ2) is 11.7. The SMILES string of the molecule is CCCN1CCN(c2ccc(C(=O)N[C@@H](CC(C)(C)C)C(=O)N3C[C@H](C(C)C)[C@H]4OCC(=O)[C@H]43)cc2)CC1. The summed E-state index contributed by atoms with van der Waals surface area (Å²) in [4.78, 5) is 46.4. The van der Waals surface area contributed by atoms with Gasteiger partial charge in [-0.15, -0.1) is 0 Å². The number of fused-ring (bicyclic) bond motifs is 1. The smallest absolute Gasteiger partial charge is 0.251 e. The number of likely N-dealkylation sites (tertiary alicyclic amines) is 1. The molecule has 0 bridgehead atoms. The summed E-state index contributed by atoms with van der Waals surface area (Å²) >= 11 is 0. The summed E-state index contributed by atoms with van der Waals surface area (Å²) in [7, 11) is 0. The van der Waals surface area contributed by atoms with Gasteiger partial charge >= 0.3 is 0 Å². The van der Waals surface area contributed by atoms with Crippen LogP contribution in [0.5, 0.6) is 0 Å². The molecule has 8 nitrogen and oxygen atoms in total. The highest BCUT2D eigenvalue weighted by Gasteiger charge is 2.53. The lowest BCUT2D eigenvalue weighted by Crippen LogP contribution is -2.53. The predicted molar refractivity (Wildman–Crippen MR) is 149 cm³/mol. The topological polar surface area (TPSA) is 82.2 Å². The number of rotatable bonds is 8. The van der Waals surface area contributed by atoms with E-state index in [9.17, 15) is 14.4 Å². The van der Waals surface area contributed by atoms with Crippen molar-refractivity contribution in [3.8, 4) is 0 Å². The van der Waals surface area contributed by atoms with Crippen LogP contribution in [0, 0.1) is 17.3 Å². The second-order valence-corrected chi connectivity index (χ2v) is 12.8. The Hall–Kier alpha value is -2.45. The summed E-state index contributed by atoms with van der Waals surface area (Å²) in [6.45, 7) is 18.3. The maximum Gasteiger partial charge on any atom is 0.251 e. The lowest BCUT2D eigenvalue weighted by atomic mass is 9.87. The van der Waals surface area contributed by atoms with Gasteiger partial charge in [0.15, 0.2) is 5.78 Å². The maximum atomic E-state index is 13.9. The van der Waals surface area contributed by atoms with E-state index < -0.39 is 12.1 Å². The van der Waals surface area contributed by atoms with Gasteiger partial charge in [-0.1, -0.05) is 41.5 Å². The van der Waals surface area contributed by atoms with Gasteiger partial charge in [-0.05, 0) is 55.0 Å². The number of carbonyl (C=O) groups excluding carboxylic acids is 3. The Morgan fingerprint density at radius 2 is 1.74 bits per heavy atom. The van der Waals surface area contributed by atoms with E-state index in [-0.39, 0.29) is 47.6 Å². The number of Topliss-reactive ketones (excluding diaryl/α,β-unsaturated/α-hetero) is 1. The number of benzene rings is 1. The van der Waals surface area contributed by atoms with E-state index in [1.807, 2.05) is 24.3 Å². The summed E-state index contributed by atoms with van der Waals surface area (Å²) in [6, 6.07) is 6.42. The summed E-state index contributed by atoms with van der Waals surface area (Å²) in [5.74, 6) is -0.102. The fraction of sp³-hybridized carbons (Fsp3) is 0.700. The van der Waals surface area contributed by atoms with Crippen LogP contribution in [0.15, 0.2) is 24.3 Å². The summed E-state index contributed by atoms with van der Waals surface area (Å²) < 4.78 is 5.82. The van der Waals surface area contributed by atoms with Gasteiger partial charge in [0.2, 0.25) is 5.91 Å². The van der Waals surface area contributed by atoms with Crippen LogP contribution in [0.1, 0.15) is 64.7 Å². The van der Waals surface area contributed by atoms with Crippen molar-refractivity contribution < 1.29 is 19.1 Å². The molecule has 0 saturated carbocycles. The third kappa shape index (κ3) is 6.40. The van der Waals surface area contributed by atoms with Gasteiger partial charge in [-0.3, -0.25) is 19.3 Å². The standard InChI is InChI=1S/C30H46N4O4/c1-7-12-32-13-15-33(16-14-32)22-10-8-21(9-11-22)28(36)31-24(17-30(4,5)6)29(37)34-18-23(20(2)3)27-26(34)25(35)19-38-27/h8-11,20,23-24,26-27H,7,12-19H2,1-6H3,(H,31,36)/t23-,24+,26-,27-/m1/s1. The molecule has 1 aromatic carbocycles. The van der Waals surface area contributed by atoms with E-state index >= 15 is 0 Å². The van der Waals surface area contributed by atoms with Gasteiger partial charge in [0.05, 0.1) is 6.10 Å². The second-order valence-electron chi connectivity index (χ2n) is 12.8. The number of amides is 2. The van der Waals surface area contributed by atoms with Gasteiger partial charge in [-0.25, -0.2) is 0 Å². The molecular formula is C30H46N4O4.